The molecule has 5 heteroatoms. The summed E-state index contributed by atoms with van der Waals surface area (Å²) in [7, 11) is 0. The highest BCUT2D eigenvalue weighted by molar-refractivity contribution is 6.31. The lowest BCUT2D eigenvalue weighted by Crippen LogP contribution is -2.34. The summed E-state index contributed by atoms with van der Waals surface area (Å²) in [5.74, 6) is 1.50. The topological polar surface area (TPSA) is 41.6 Å². The van der Waals surface area contributed by atoms with Gasteiger partial charge in [0.25, 0.3) is 0 Å². The minimum atomic E-state index is 0.0878. The summed E-state index contributed by atoms with van der Waals surface area (Å²) >= 11 is 6.35. The van der Waals surface area contributed by atoms with Crippen molar-refractivity contribution in [1.82, 2.24) is 4.90 Å². The first-order valence-corrected chi connectivity index (χ1v) is 10.6. The van der Waals surface area contributed by atoms with Gasteiger partial charge in [0.2, 0.25) is 5.91 Å². The summed E-state index contributed by atoms with van der Waals surface area (Å²) in [5.41, 5.74) is 3.38. The van der Waals surface area contributed by atoms with Gasteiger partial charge in [-0.3, -0.25) is 4.79 Å². The summed E-state index contributed by atoms with van der Waals surface area (Å²) in [6.45, 7) is 3.97. The molecule has 0 unspecified atom stereocenters. The zero-order chi connectivity index (χ0) is 19.3. The predicted octanol–water partition coefficient (Wildman–Crippen LogP) is 4.87. The molecule has 4 nitrogen and oxygen atoms in total. The zero-order valence-electron chi connectivity index (χ0n) is 16.1. The first-order chi connectivity index (χ1) is 13.7. The van der Waals surface area contributed by atoms with E-state index in [0.29, 0.717) is 18.9 Å². The molecular formula is C23H27ClN2O2. The molecule has 2 aliphatic heterocycles. The molecule has 0 atom stereocenters. The summed E-state index contributed by atoms with van der Waals surface area (Å²) in [5, 5.41) is 3.83. The van der Waals surface area contributed by atoms with Crippen molar-refractivity contribution in [3.8, 4) is 5.75 Å². The van der Waals surface area contributed by atoms with Crippen LogP contribution in [-0.4, -0.2) is 37.0 Å². The fourth-order valence-electron chi connectivity index (χ4n) is 4.19. The number of benzene rings is 2. The van der Waals surface area contributed by atoms with Gasteiger partial charge in [0.1, 0.15) is 5.75 Å². The lowest BCUT2D eigenvalue weighted by Gasteiger charge is -2.32. The van der Waals surface area contributed by atoms with Crippen molar-refractivity contribution >= 4 is 23.2 Å². The molecule has 0 saturated carbocycles. The van der Waals surface area contributed by atoms with Crippen LogP contribution in [0.15, 0.2) is 42.5 Å². The number of halogens is 1. The van der Waals surface area contributed by atoms with Gasteiger partial charge in [-0.25, -0.2) is 0 Å². The number of anilines is 1. The highest BCUT2D eigenvalue weighted by Crippen LogP contribution is 2.32. The predicted molar refractivity (Wildman–Crippen MR) is 113 cm³/mol. The number of aryl methyl sites for hydroxylation is 1. The van der Waals surface area contributed by atoms with Crippen molar-refractivity contribution in [2.24, 2.45) is 0 Å². The average Bonchev–Trinajstić information content (AvgIpc) is 2.72. The minimum Gasteiger partial charge on any atom is -0.493 e. The molecule has 2 aliphatic rings. The van der Waals surface area contributed by atoms with E-state index in [1.165, 1.54) is 11.1 Å². The van der Waals surface area contributed by atoms with E-state index in [1.807, 2.05) is 24.3 Å². The number of carbonyl (C=O) groups excluding carboxylic acids is 1. The Labute approximate surface area is 171 Å². The quantitative estimate of drug-likeness (QED) is 0.705. The van der Waals surface area contributed by atoms with Crippen LogP contribution in [-0.2, 0) is 11.2 Å². The number of rotatable bonds is 6. The first kappa shape index (κ1) is 19.3. The Balaban J connectivity index is 1.19. The van der Waals surface area contributed by atoms with E-state index in [4.69, 9.17) is 16.3 Å². The second kappa shape index (κ2) is 8.97. The number of ether oxygens (including phenoxy) is 1. The number of fused-ring (bicyclic) bond motifs is 1. The van der Waals surface area contributed by atoms with E-state index in [2.05, 4.69) is 28.4 Å². The second-order valence-corrected chi connectivity index (χ2v) is 8.11. The van der Waals surface area contributed by atoms with Crippen LogP contribution in [0.1, 0.15) is 42.7 Å². The van der Waals surface area contributed by atoms with Crippen LogP contribution in [0, 0.1) is 0 Å². The summed E-state index contributed by atoms with van der Waals surface area (Å²) in [6, 6.07) is 14.2. The number of likely N-dealkylation sites (tertiary alicyclic amines) is 1. The van der Waals surface area contributed by atoms with E-state index < -0.39 is 0 Å². The van der Waals surface area contributed by atoms with Crippen molar-refractivity contribution in [1.29, 1.82) is 0 Å². The zero-order valence-corrected chi connectivity index (χ0v) is 16.9. The second-order valence-electron chi connectivity index (χ2n) is 7.71. The molecular weight excluding hydrogens is 372 g/mol. The molecule has 4 rings (SSSR count). The summed E-state index contributed by atoms with van der Waals surface area (Å²) < 4.78 is 5.91. The van der Waals surface area contributed by atoms with Crippen LogP contribution in [0.2, 0.25) is 5.02 Å². The molecule has 1 amide bonds. The molecule has 0 radical (unpaired) electrons. The lowest BCUT2D eigenvalue weighted by molar-refractivity contribution is -0.116. The summed E-state index contributed by atoms with van der Waals surface area (Å²) in [4.78, 5) is 14.1. The molecule has 2 aromatic carbocycles. The monoisotopic (exact) mass is 398 g/mol. The van der Waals surface area contributed by atoms with Crippen LogP contribution in [0.25, 0.3) is 0 Å². The van der Waals surface area contributed by atoms with E-state index in [9.17, 15) is 4.79 Å². The number of amides is 1. The van der Waals surface area contributed by atoms with Crippen LogP contribution in [0.5, 0.6) is 5.75 Å². The molecule has 2 aromatic rings. The van der Waals surface area contributed by atoms with Crippen molar-refractivity contribution < 1.29 is 9.53 Å². The first-order valence-electron chi connectivity index (χ1n) is 10.2. The SMILES string of the molecule is O=C1CCc2ccc(OCCCN3CCC(c4ccccc4Cl)CC3)cc2N1. The van der Waals surface area contributed by atoms with Gasteiger partial charge in [-0.05, 0) is 68.0 Å². The highest BCUT2D eigenvalue weighted by Gasteiger charge is 2.21. The third-order valence-corrected chi connectivity index (χ3v) is 6.14. The number of carbonyl (C=O) groups is 1. The van der Waals surface area contributed by atoms with Crippen molar-refractivity contribution in [2.75, 3.05) is 31.6 Å². The number of hydrogen-bond acceptors (Lipinski definition) is 3. The van der Waals surface area contributed by atoms with Crippen molar-refractivity contribution in [2.45, 2.75) is 38.0 Å². The van der Waals surface area contributed by atoms with Gasteiger partial charge in [-0.2, -0.15) is 0 Å². The van der Waals surface area contributed by atoms with Crippen LogP contribution >= 0.6 is 11.6 Å². The van der Waals surface area contributed by atoms with Crippen LogP contribution in [0.4, 0.5) is 5.69 Å². The lowest BCUT2D eigenvalue weighted by atomic mass is 9.89. The van der Waals surface area contributed by atoms with E-state index in [0.717, 1.165) is 61.8 Å². The van der Waals surface area contributed by atoms with Crippen molar-refractivity contribution in [3.63, 3.8) is 0 Å². The number of hydrogen-bond donors (Lipinski definition) is 1. The van der Waals surface area contributed by atoms with Crippen LogP contribution in [0.3, 0.4) is 0 Å². The molecule has 1 N–H and O–H groups in total. The third kappa shape index (κ3) is 4.68. The van der Waals surface area contributed by atoms with E-state index >= 15 is 0 Å². The molecule has 0 aromatic heterocycles. The molecule has 0 spiro atoms. The van der Waals surface area contributed by atoms with Gasteiger partial charge in [-0.1, -0.05) is 35.9 Å². The smallest absolute Gasteiger partial charge is 0.224 e. The van der Waals surface area contributed by atoms with Crippen LogP contribution < -0.4 is 10.1 Å². The number of nitrogens with zero attached hydrogens (tertiary/aromatic N) is 1. The van der Waals surface area contributed by atoms with Gasteiger partial charge in [0.05, 0.1) is 6.61 Å². The van der Waals surface area contributed by atoms with Crippen molar-refractivity contribution in [3.05, 3.63) is 58.6 Å². The largest absolute Gasteiger partial charge is 0.493 e. The molecule has 28 heavy (non-hydrogen) atoms. The Morgan fingerprint density at radius 2 is 1.93 bits per heavy atom. The minimum absolute atomic E-state index is 0.0878. The maximum absolute atomic E-state index is 11.5. The fourth-order valence-corrected chi connectivity index (χ4v) is 4.48. The standard InChI is InChI=1S/C23H27ClN2O2/c24-21-5-2-1-4-20(21)17-10-13-26(14-11-17)12-3-15-28-19-8-6-18-7-9-23(27)25-22(18)16-19/h1-2,4-6,8,16-17H,3,7,9-15H2,(H,25,27). The molecule has 148 valence electrons. The molecule has 0 aliphatic carbocycles. The molecule has 2 heterocycles. The Bertz CT molecular complexity index is 831. The van der Waals surface area contributed by atoms with Gasteiger partial charge in [-0.15, -0.1) is 0 Å². The Hall–Kier alpha value is -2.04. The molecule has 1 fully saturated rings. The summed E-state index contributed by atoms with van der Waals surface area (Å²) in [6.07, 6.45) is 4.70. The average molecular weight is 399 g/mol. The van der Waals surface area contributed by atoms with Gasteiger partial charge in [0, 0.05) is 29.7 Å². The Kier molecular flexibility index (Phi) is 6.18. The maximum Gasteiger partial charge on any atom is 0.224 e. The van der Waals surface area contributed by atoms with Gasteiger partial charge in [0.15, 0.2) is 0 Å². The van der Waals surface area contributed by atoms with E-state index in [-0.39, 0.29) is 5.91 Å². The maximum atomic E-state index is 11.5. The normalized spacial score (nSPS) is 17.8. The highest BCUT2D eigenvalue weighted by atomic mass is 35.5. The molecule has 1 saturated heterocycles. The number of piperidine rings is 1. The van der Waals surface area contributed by atoms with Gasteiger partial charge < -0.3 is 15.0 Å². The fraction of sp³-hybridized carbons (Fsp3) is 0.435. The molecule has 0 bridgehead atoms. The Morgan fingerprint density at radius 1 is 1.11 bits per heavy atom. The van der Waals surface area contributed by atoms with Gasteiger partial charge >= 0.3 is 0 Å². The Morgan fingerprint density at radius 3 is 2.75 bits per heavy atom. The third-order valence-electron chi connectivity index (χ3n) is 5.80. The number of nitrogens with one attached hydrogen (secondary N) is 1. The van der Waals surface area contributed by atoms with E-state index in [1.54, 1.807) is 0 Å².